The molecule has 35 heavy (non-hydrogen) atoms. The number of nitrogens with one attached hydrogen (secondary N) is 1. The van der Waals surface area contributed by atoms with Crippen molar-refractivity contribution in [3.8, 4) is 22.6 Å². The van der Waals surface area contributed by atoms with Gasteiger partial charge in [0.25, 0.3) is 0 Å². The van der Waals surface area contributed by atoms with Crippen molar-refractivity contribution in [2.45, 2.75) is 65.0 Å². The molecule has 1 aliphatic carbocycles. The maximum absolute atomic E-state index is 13.3. The van der Waals surface area contributed by atoms with E-state index in [2.05, 4.69) is 39.8 Å². The lowest BCUT2D eigenvalue weighted by Gasteiger charge is -2.09. The summed E-state index contributed by atoms with van der Waals surface area (Å²) in [4.78, 5) is 18.0. The molecule has 3 aromatic heterocycles. The number of nitrogens with zero attached hydrogens (tertiary/aromatic N) is 6. The van der Waals surface area contributed by atoms with Crippen LogP contribution < -0.4 is 5.69 Å². The Morgan fingerprint density at radius 1 is 1.09 bits per heavy atom. The molecule has 0 aliphatic heterocycles. The van der Waals surface area contributed by atoms with E-state index in [1.54, 1.807) is 0 Å². The van der Waals surface area contributed by atoms with Gasteiger partial charge in [0.2, 0.25) is 5.82 Å². The highest BCUT2D eigenvalue weighted by Crippen LogP contribution is 2.28. The van der Waals surface area contributed by atoms with Crippen molar-refractivity contribution in [3.05, 3.63) is 82.2 Å². The van der Waals surface area contributed by atoms with Gasteiger partial charge < -0.3 is 0 Å². The Labute approximate surface area is 204 Å². The molecule has 0 saturated carbocycles. The standard InChI is InChI=1S/C27H31N7O/c1-2-3-10-22-19-33(16-15-20-8-4-5-9-20)27(35)34(22)18-21-13-14-25(28-17-21)23-11-6-7-12-24(23)26-29-31-32-30-26/h6-8,11-14,17,19H,2-5,9-10,15-16,18H2,1H3,(H,29,30,31,32). The molecule has 0 bridgehead atoms. The number of rotatable bonds is 10. The number of benzene rings is 1. The molecule has 0 atom stereocenters. The van der Waals surface area contributed by atoms with Crippen LogP contribution in [-0.4, -0.2) is 34.7 Å². The van der Waals surface area contributed by atoms with E-state index in [-0.39, 0.29) is 5.69 Å². The first-order chi connectivity index (χ1) is 17.2. The molecule has 0 radical (unpaired) electrons. The minimum atomic E-state index is 0.0706. The summed E-state index contributed by atoms with van der Waals surface area (Å²) < 4.78 is 3.82. The van der Waals surface area contributed by atoms with Gasteiger partial charge in [-0.25, -0.2) is 4.79 Å². The molecule has 8 heteroatoms. The fraction of sp³-hybridized carbons (Fsp3) is 0.370. The lowest BCUT2D eigenvalue weighted by Crippen LogP contribution is -2.26. The van der Waals surface area contributed by atoms with Gasteiger partial charge in [-0.2, -0.15) is 5.21 Å². The molecule has 5 rings (SSSR count). The molecule has 3 heterocycles. The number of hydrogen-bond donors (Lipinski definition) is 1. The predicted octanol–water partition coefficient (Wildman–Crippen LogP) is 4.78. The zero-order chi connectivity index (χ0) is 24.0. The number of aromatic amines is 1. The van der Waals surface area contributed by atoms with Crippen LogP contribution in [0.15, 0.2) is 65.2 Å². The second kappa shape index (κ2) is 10.6. The monoisotopic (exact) mass is 469 g/mol. The van der Waals surface area contributed by atoms with Crippen molar-refractivity contribution in [2.75, 3.05) is 0 Å². The van der Waals surface area contributed by atoms with Gasteiger partial charge in [-0.15, -0.1) is 10.2 Å². The summed E-state index contributed by atoms with van der Waals surface area (Å²) in [6.07, 6.45) is 13.9. The maximum atomic E-state index is 13.3. The van der Waals surface area contributed by atoms with Crippen LogP contribution in [0, 0.1) is 0 Å². The van der Waals surface area contributed by atoms with E-state index in [1.165, 1.54) is 24.8 Å². The SMILES string of the molecule is CCCCc1cn(CCC2=CCCC2)c(=O)n1Cc1ccc(-c2ccccc2-c2nn[nH]n2)nc1. The van der Waals surface area contributed by atoms with E-state index < -0.39 is 0 Å². The minimum absolute atomic E-state index is 0.0706. The van der Waals surface area contributed by atoms with Gasteiger partial charge in [0.05, 0.1) is 12.2 Å². The zero-order valence-corrected chi connectivity index (χ0v) is 20.2. The van der Waals surface area contributed by atoms with E-state index in [0.717, 1.165) is 60.3 Å². The van der Waals surface area contributed by atoms with Gasteiger partial charge >= 0.3 is 5.69 Å². The number of pyridine rings is 1. The average Bonchev–Trinajstić information content (AvgIpc) is 3.66. The van der Waals surface area contributed by atoms with Crippen LogP contribution in [-0.2, 0) is 19.5 Å². The zero-order valence-electron chi connectivity index (χ0n) is 20.2. The molecule has 0 amide bonds. The van der Waals surface area contributed by atoms with Crippen LogP contribution in [0.2, 0.25) is 0 Å². The average molecular weight is 470 g/mol. The molecule has 0 unspecified atom stereocenters. The summed E-state index contributed by atoms with van der Waals surface area (Å²) in [5.41, 5.74) is 6.30. The van der Waals surface area contributed by atoms with Crippen LogP contribution in [0.3, 0.4) is 0 Å². The normalized spacial score (nSPS) is 13.3. The quantitative estimate of drug-likeness (QED) is 0.337. The third kappa shape index (κ3) is 5.16. The number of hydrogen-bond acceptors (Lipinski definition) is 5. The Hall–Kier alpha value is -3.81. The first kappa shape index (κ1) is 23.0. The highest BCUT2D eigenvalue weighted by molar-refractivity contribution is 5.78. The number of aromatic nitrogens is 7. The summed E-state index contributed by atoms with van der Waals surface area (Å²) in [7, 11) is 0. The van der Waals surface area contributed by atoms with E-state index >= 15 is 0 Å². The second-order valence-electron chi connectivity index (χ2n) is 9.12. The Kier molecular flexibility index (Phi) is 6.97. The van der Waals surface area contributed by atoms with Crippen molar-refractivity contribution < 1.29 is 0 Å². The molecule has 0 fully saturated rings. The summed E-state index contributed by atoms with van der Waals surface area (Å²) >= 11 is 0. The molecule has 0 spiro atoms. The van der Waals surface area contributed by atoms with E-state index in [4.69, 9.17) is 4.98 Å². The smallest absolute Gasteiger partial charge is 0.299 e. The Morgan fingerprint density at radius 3 is 2.69 bits per heavy atom. The first-order valence-corrected chi connectivity index (χ1v) is 12.5. The number of allylic oxidation sites excluding steroid dienone is 2. The minimum Gasteiger partial charge on any atom is -0.299 e. The lowest BCUT2D eigenvalue weighted by atomic mass is 10.0. The molecule has 1 aliphatic rings. The van der Waals surface area contributed by atoms with Crippen LogP contribution >= 0.6 is 0 Å². The number of tetrazole rings is 1. The van der Waals surface area contributed by atoms with Crippen LogP contribution in [0.5, 0.6) is 0 Å². The predicted molar refractivity (Wildman–Crippen MR) is 136 cm³/mol. The highest BCUT2D eigenvalue weighted by Gasteiger charge is 2.15. The van der Waals surface area contributed by atoms with Gasteiger partial charge in [-0.3, -0.25) is 14.1 Å². The summed E-state index contributed by atoms with van der Waals surface area (Å²) in [6, 6.07) is 11.9. The van der Waals surface area contributed by atoms with Crippen LogP contribution in [0.25, 0.3) is 22.6 Å². The number of H-pyrrole nitrogens is 1. The summed E-state index contributed by atoms with van der Waals surface area (Å²) in [5, 5.41) is 14.4. The summed E-state index contributed by atoms with van der Waals surface area (Å²) in [6.45, 7) is 3.45. The number of imidazole rings is 1. The summed E-state index contributed by atoms with van der Waals surface area (Å²) in [5.74, 6) is 0.535. The van der Waals surface area contributed by atoms with Gasteiger partial charge in [0, 0.05) is 35.8 Å². The Morgan fingerprint density at radius 2 is 1.97 bits per heavy atom. The molecule has 8 nitrogen and oxygen atoms in total. The van der Waals surface area contributed by atoms with Crippen molar-refractivity contribution in [1.29, 1.82) is 0 Å². The third-order valence-electron chi connectivity index (χ3n) is 6.68. The second-order valence-corrected chi connectivity index (χ2v) is 9.12. The van der Waals surface area contributed by atoms with Crippen LogP contribution in [0.1, 0.15) is 56.7 Å². The van der Waals surface area contributed by atoms with Crippen molar-refractivity contribution in [3.63, 3.8) is 0 Å². The largest absolute Gasteiger partial charge is 0.328 e. The maximum Gasteiger partial charge on any atom is 0.328 e. The molecule has 0 saturated heterocycles. The molecule has 1 N–H and O–H groups in total. The van der Waals surface area contributed by atoms with Crippen molar-refractivity contribution in [2.24, 2.45) is 0 Å². The Balaban J connectivity index is 1.38. The molecule has 180 valence electrons. The van der Waals surface area contributed by atoms with E-state index in [0.29, 0.717) is 12.4 Å². The van der Waals surface area contributed by atoms with Crippen molar-refractivity contribution >= 4 is 0 Å². The third-order valence-corrected chi connectivity index (χ3v) is 6.68. The molecule has 1 aromatic carbocycles. The molecular weight excluding hydrogens is 438 g/mol. The number of aryl methyl sites for hydroxylation is 2. The van der Waals surface area contributed by atoms with Gasteiger partial charge in [-0.1, -0.05) is 55.3 Å². The fourth-order valence-corrected chi connectivity index (χ4v) is 4.74. The Bertz CT molecular complexity index is 1350. The first-order valence-electron chi connectivity index (χ1n) is 12.5. The van der Waals surface area contributed by atoms with Gasteiger partial charge in [0.1, 0.15) is 0 Å². The van der Waals surface area contributed by atoms with Crippen LogP contribution in [0.4, 0.5) is 0 Å². The highest BCUT2D eigenvalue weighted by atomic mass is 16.1. The van der Waals surface area contributed by atoms with Gasteiger partial charge in [-0.05, 0) is 55.4 Å². The van der Waals surface area contributed by atoms with E-state index in [9.17, 15) is 4.79 Å². The number of unbranched alkanes of at least 4 members (excludes halogenated alkanes) is 1. The molecule has 4 aromatic rings. The topological polar surface area (TPSA) is 94.3 Å². The lowest BCUT2D eigenvalue weighted by molar-refractivity contribution is 0.619. The van der Waals surface area contributed by atoms with E-state index in [1.807, 2.05) is 51.7 Å². The fourth-order valence-electron chi connectivity index (χ4n) is 4.74. The van der Waals surface area contributed by atoms with Crippen molar-refractivity contribution in [1.82, 2.24) is 34.7 Å². The molecular formula is C27H31N7O. The van der Waals surface area contributed by atoms with Gasteiger partial charge in [0.15, 0.2) is 0 Å².